The Labute approximate surface area is 209 Å². The molecule has 1 saturated heterocycles. The third-order valence-corrected chi connectivity index (χ3v) is 8.13. The maximum Gasteiger partial charge on any atom is 0.410 e. The van der Waals surface area contributed by atoms with E-state index in [-0.39, 0.29) is 0 Å². The molecule has 10 heteroatoms. The van der Waals surface area contributed by atoms with Crippen molar-refractivity contribution in [3.63, 3.8) is 0 Å². The predicted molar refractivity (Wildman–Crippen MR) is 137 cm³/mol. The van der Waals surface area contributed by atoms with E-state index < -0.39 is 15.9 Å². The summed E-state index contributed by atoms with van der Waals surface area (Å²) in [5.41, 5.74) is 7.62. The lowest BCUT2D eigenvalue weighted by Gasteiger charge is -2.34. The SMILES string of the molecule is NC(=O)Oc1cccc2[nH]c(N3CCN(CCc4ccc(S(=O)(=O)c5ccccc5)cc4)CC3)nc12. The van der Waals surface area contributed by atoms with E-state index in [0.29, 0.717) is 21.1 Å². The van der Waals surface area contributed by atoms with Gasteiger partial charge in [-0.05, 0) is 48.4 Å². The van der Waals surface area contributed by atoms with Crippen molar-refractivity contribution in [2.75, 3.05) is 37.6 Å². The van der Waals surface area contributed by atoms with E-state index in [1.54, 1.807) is 54.6 Å². The highest BCUT2D eigenvalue weighted by molar-refractivity contribution is 7.91. The van der Waals surface area contributed by atoms with Crippen LogP contribution in [-0.2, 0) is 16.3 Å². The van der Waals surface area contributed by atoms with Crippen LogP contribution in [0.15, 0.2) is 82.6 Å². The van der Waals surface area contributed by atoms with Crippen LogP contribution in [0.4, 0.5) is 10.7 Å². The number of anilines is 1. The van der Waals surface area contributed by atoms with Gasteiger partial charge >= 0.3 is 6.09 Å². The number of aromatic amines is 1. The number of para-hydroxylation sites is 1. The van der Waals surface area contributed by atoms with Crippen molar-refractivity contribution in [2.45, 2.75) is 16.2 Å². The Morgan fingerprint density at radius 2 is 1.61 bits per heavy atom. The van der Waals surface area contributed by atoms with Crippen LogP contribution in [0.3, 0.4) is 0 Å². The summed E-state index contributed by atoms with van der Waals surface area (Å²) in [4.78, 5) is 24.3. The first kappa shape index (κ1) is 23.8. The second-order valence-corrected chi connectivity index (χ2v) is 10.6. The van der Waals surface area contributed by atoms with E-state index in [0.717, 1.165) is 56.2 Å². The fourth-order valence-corrected chi connectivity index (χ4v) is 5.66. The minimum Gasteiger partial charge on any atom is -0.408 e. The number of piperazine rings is 1. The molecule has 1 amide bonds. The molecular weight excluding hydrogens is 478 g/mol. The van der Waals surface area contributed by atoms with Crippen LogP contribution in [0.1, 0.15) is 5.56 Å². The zero-order valence-corrected chi connectivity index (χ0v) is 20.4. The Balaban J connectivity index is 1.16. The fraction of sp³-hybridized carbons (Fsp3) is 0.231. The number of fused-ring (bicyclic) bond motifs is 1. The Bertz CT molecular complexity index is 1460. The third kappa shape index (κ3) is 5.05. The Kier molecular flexibility index (Phi) is 6.62. The molecule has 186 valence electrons. The fourth-order valence-electron chi connectivity index (χ4n) is 4.37. The number of carbonyl (C=O) groups is 1. The lowest BCUT2D eigenvalue weighted by molar-refractivity contribution is 0.211. The number of carbonyl (C=O) groups excluding carboxylic acids is 1. The maximum atomic E-state index is 12.8. The molecule has 3 N–H and O–H groups in total. The second kappa shape index (κ2) is 10.00. The third-order valence-electron chi connectivity index (χ3n) is 6.35. The summed E-state index contributed by atoms with van der Waals surface area (Å²) in [6, 6.07) is 21.0. The Hall–Kier alpha value is -3.89. The molecule has 1 aliphatic rings. The highest BCUT2D eigenvalue weighted by atomic mass is 32.2. The van der Waals surface area contributed by atoms with Crippen molar-refractivity contribution in [1.29, 1.82) is 0 Å². The smallest absolute Gasteiger partial charge is 0.408 e. The van der Waals surface area contributed by atoms with Gasteiger partial charge in [-0.25, -0.2) is 18.2 Å². The molecular formula is C26H27N5O4S. The van der Waals surface area contributed by atoms with Gasteiger partial charge in [-0.3, -0.25) is 4.90 Å². The van der Waals surface area contributed by atoms with Crippen molar-refractivity contribution in [2.24, 2.45) is 5.73 Å². The normalized spacial score (nSPS) is 14.7. The van der Waals surface area contributed by atoms with Crippen LogP contribution in [0, 0.1) is 0 Å². The van der Waals surface area contributed by atoms with Gasteiger partial charge in [-0.1, -0.05) is 36.4 Å². The average molecular weight is 506 g/mol. The highest BCUT2D eigenvalue weighted by Crippen LogP contribution is 2.27. The lowest BCUT2D eigenvalue weighted by atomic mass is 10.1. The molecule has 1 aromatic heterocycles. The molecule has 5 rings (SSSR count). The number of hydrogen-bond acceptors (Lipinski definition) is 7. The molecule has 36 heavy (non-hydrogen) atoms. The van der Waals surface area contributed by atoms with E-state index >= 15 is 0 Å². The number of hydrogen-bond donors (Lipinski definition) is 2. The zero-order valence-electron chi connectivity index (χ0n) is 19.6. The van der Waals surface area contributed by atoms with Crippen LogP contribution in [-0.4, -0.2) is 62.1 Å². The predicted octanol–water partition coefficient (Wildman–Crippen LogP) is 3.22. The largest absolute Gasteiger partial charge is 0.410 e. The molecule has 0 atom stereocenters. The molecule has 9 nitrogen and oxygen atoms in total. The van der Waals surface area contributed by atoms with Gasteiger partial charge in [0.15, 0.2) is 5.75 Å². The highest BCUT2D eigenvalue weighted by Gasteiger charge is 2.21. The molecule has 3 aromatic carbocycles. The summed E-state index contributed by atoms with van der Waals surface area (Å²) in [7, 11) is -3.50. The van der Waals surface area contributed by atoms with Gasteiger partial charge in [-0.15, -0.1) is 0 Å². The van der Waals surface area contributed by atoms with Crippen molar-refractivity contribution in [1.82, 2.24) is 14.9 Å². The molecule has 0 radical (unpaired) electrons. The number of ether oxygens (including phenoxy) is 1. The van der Waals surface area contributed by atoms with Gasteiger partial charge in [-0.2, -0.15) is 0 Å². The number of imidazole rings is 1. The summed E-state index contributed by atoms with van der Waals surface area (Å²) in [5.74, 6) is 1.07. The number of benzene rings is 3. The topological polar surface area (TPSA) is 122 Å². The Morgan fingerprint density at radius 3 is 2.31 bits per heavy atom. The number of sulfone groups is 1. The number of nitrogens with two attached hydrogens (primary N) is 1. The van der Waals surface area contributed by atoms with E-state index in [2.05, 4.69) is 19.8 Å². The van der Waals surface area contributed by atoms with E-state index in [1.807, 2.05) is 18.2 Å². The van der Waals surface area contributed by atoms with Crippen molar-refractivity contribution >= 4 is 32.9 Å². The summed E-state index contributed by atoms with van der Waals surface area (Å²) in [5, 5.41) is 0. The number of aromatic nitrogens is 2. The van der Waals surface area contributed by atoms with Gasteiger partial charge < -0.3 is 20.4 Å². The number of nitrogens with one attached hydrogen (secondary N) is 1. The summed E-state index contributed by atoms with van der Waals surface area (Å²) in [6.45, 7) is 4.25. The maximum absolute atomic E-state index is 12.8. The monoisotopic (exact) mass is 505 g/mol. The summed E-state index contributed by atoms with van der Waals surface area (Å²) < 4.78 is 30.6. The molecule has 0 aliphatic carbocycles. The standard InChI is InChI=1S/C26H27N5O4S/c27-25(32)35-23-8-4-7-22-24(23)29-26(28-22)31-17-15-30(16-18-31)14-13-19-9-11-21(12-10-19)36(33,34)20-5-2-1-3-6-20/h1-12H,13-18H2,(H2,27,32)(H,28,29). The van der Waals surface area contributed by atoms with E-state index in [4.69, 9.17) is 10.5 Å². The van der Waals surface area contributed by atoms with Gasteiger partial charge in [0.1, 0.15) is 5.52 Å². The molecule has 0 bridgehead atoms. The number of nitrogens with zero attached hydrogens (tertiary/aromatic N) is 3. The van der Waals surface area contributed by atoms with E-state index in [9.17, 15) is 13.2 Å². The van der Waals surface area contributed by atoms with Crippen LogP contribution in [0.5, 0.6) is 5.75 Å². The van der Waals surface area contributed by atoms with Gasteiger partial charge in [0, 0.05) is 32.7 Å². The van der Waals surface area contributed by atoms with Crippen LogP contribution >= 0.6 is 0 Å². The minimum atomic E-state index is -3.50. The van der Waals surface area contributed by atoms with Crippen molar-refractivity contribution < 1.29 is 17.9 Å². The second-order valence-electron chi connectivity index (χ2n) is 8.67. The molecule has 1 aliphatic heterocycles. The van der Waals surface area contributed by atoms with Gasteiger partial charge in [0.2, 0.25) is 15.8 Å². The molecule has 0 unspecified atom stereocenters. The number of primary amides is 1. The van der Waals surface area contributed by atoms with E-state index in [1.165, 1.54) is 0 Å². The van der Waals surface area contributed by atoms with Crippen molar-refractivity contribution in [3.05, 3.63) is 78.4 Å². The van der Waals surface area contributed by atoms with Crippen LogP contribution < -0.4 is 15.4 Å². The average Bonchev–Trinajstić information content (AvgIpc) is 3.34. The van der Waals surface area contributed by atoms with Crippen molar-refractivity contribution in [3.8, 4) is 5.75 Å². The summed E-state index contributed by atoms with van der Waals surface area (Å²) in [6.07, 6.45) is -0.0301. The molecule has 2 heterocycles. The molecule has 1 fully saturated rings. The quantitative estimate of drug-likeness (QED) is 0.395. The first-order valence-electron chi connectivity index (χ1n) is 11.7. The van der Waals surface area contributed by atoms with Crippen LogP contribution in [0.25, 0.3) is 11.0 Å². The first-order chi connectivity index (χ1) is 17.4. The molecule has 0 saturated carbocycles. The molecule has 0 spiro atoms. The summed E-state index contributed by atoms with van der Waals surface area (Å²) >= 11 is 0. The number of H-pyrrole nitrogens is 1. The zero-order chi connectivity index (χ0) is 25.1. The number of amides is 1. The lowest BCUT2D eigenvalue weighted by Crippen LogP contribution is -2.47. The first-order valence-corrected chi connectivity index (χ1v) is 13.2. The minimum absolute atomic E-state index is 0.302. The Morgan fingerprint density at radius 1 is 0.917 bits per heavy atom. The number of rotatable bonds is 7. The van der Waals surface area contributed by atoms with Gasteiger partial charge in [0.05, 0.1) is 15.3 Å². The molecule has 4 aromatic rings. The van der Waals surface area contributed by atoms with Gasteiger partial charge in [0.25, 0.3) is 0 Å². The van der Waals surface area contributed by atoms with Crippen LogP contribution in [0.2, 0.25) is 0 Å².